The van der Waals surface area contributed by atoms with Crippen LogP contribution in [-0.4, -0.2) is 33.0 Å². The zero-order valence-electron chi connectivity index (χ0n) is 16.4. The summed E-state index contributed by atoms with van der Waals surface area (Å²) in [6.07, 6.45) is 0.705. The lowest BCUT2D eigenvalue weighted by atomic mass is 10.2. The van der Waals surface area contributed by atoms with Crippen LogP contribution in [0.1, 0.15) is 38.5 Å². The Morgan fingerprint density at radius 2 is 1.93 bits per heavy atom. The third-order valence-electron chi connectivity index (χ3n) is 5.03. The molecule has 0 saturated heterocycles. The number of nitrogens with zero attached hydrogens (tertiary/aromatic N) is 3. The fourth-order valence-corrected chi connectivity index (χ4v) is 3.55. The molecular weight excluding hydrogens is 407 g/mol. The van der Waals surface area contributed by atoms with Crippen molar-refractivity contribution >= 4 is 29.1 Å². The van der Waals surface area contributed by atoms with Crippen LogP contribution in [0.25, 0.3) is 0 Å². The van der Waals surface area contributed by atoms with Crippen LogP contribution in [0.4, 0.5) is 10.1 Å². The highest BCUT2D eigenvalue weighted by Crippen LogP contribution is 2.21. The van der Waals surface area contributed by atoms with Gasteiger partial charge in [-0.15, -0.1) is 0 Å². The second-order valence-corrected chi connectivity index (χ2v) is 7.67. The number of amides is 2. The summed E-state index contributed by atoms with van der Waals surface area (Å²) in [5, 5.41) is 7.64. The van der Waals surface area contributed by atoms with Gasteiger partial charge in [-0.3, -0.25) is 14.3 Å². The number of fused-ring (bicyclic) bond motifs is 1. The molecule has 1 N–H and O–H groups in total. The average molecular weight is 427 g/mol. The van der Waals surface area contributed by atoms with Gasteiger partial charge in [0, 0.05) is 36.4 Å². The molecule has 2 amide bonds. The number of aryl methyl sites for hydroxylation is 2. The zero-order valence-corrected chi connectivity index (χ0v) is 17.1. The van der Waals surface area contributed by atoms with E-state index < -0.39 is 5.91 Å². The molecule has 0 spiro atoms. The van der Waals surface area contributed by atoms with E-state index in [4.69, 9.17) is 11.6 Å². The highest BCUT2D eigenvalue weighted by Gasteiger charge is 2.26. The number of anilines is 1. The van der Waals surface area contributed by atoms with Gasteiger partial charge >= 0.3 is 0 Å². The third-order valence-corrected chi connectivity index (χ3v) is 5.44. The molecule has 0 bridgehead atoms. The van der Waals surface area contributed by atoms with E-state index in [1.807, 2.05) is 13.0 Å². The molecule has 0 fully saturated rings. The highest BCUT2D eigenvalue weighted by atomic mass is 35.5. The largest absolute Gasteiger partial charge is 0.333 e. The van der Waals surface area contributed by atoms with E-state index in [1.54, 1.807) is 33.8 Å². The predicted octanol–water partition coefficient (Wildman–Crippen LogP) is 4.28. The van der Waals surface area contributed by atoms with Crippen molar-refractivity contribution in [2.45, 2.75) is 26.4 Å². The lowest BCUT2D eigenvalue weighted by Gasteiger charge is -2.20. The van der Waals surface area contributed by atoms with Crippen molar-refractivity contribution in [1.29, 1.82) is 0 Å². The molecule has 1 aliphatic heterocycles. The summed E-state index contributed by atoms with van der Waals surface area (Å²) in [7, 11) is 0. The van der Waals surface area contributed by atoms with Crippen molar-refractivity contribution in [2.24, 2.45) is 0 Å². The summed E-state index contributed by atoms with van der Waals surface area (Å²) in [4.78, 5) is 27.4. The van der Waals surface area contributed by atoms with Crippen LogP contribution in [0.5, 0.6) is 0 Å². The van der Waals surface area contributed by atoms with Gasteiger partial charge in [-0.25, -0.2) is 4.39 Å². The van der Waals surface area contributed by atoms with Gasteiger partial charge in [0.2, 0.25) is 0 Å². The first-order valence-electron chi connectivity index (χ1n) is 9.60. The highest BCUT2D eigenvalue weighted by molar-refractivity contribution is 6.31. The van der Waals surface area contributed by atoms with Crippen LogP contribution in [0.2, 0.25) is 5.02 Å². The van der Waals surface area contributed by atoms with Crippen LogP contribution in [0.15, 0.2) is 48.5 Å². The smallest absolute Gasteiger partial charge is 0.276 e. The van der Waals surface area contributed by atoms with E-state index >= 15 is 0 Å². The summed E-state index contributed by atoms with van der Waals surface area (Å²) in [5.74, 6) is -0.931. The second-order valence-electron chi connectivity index (χ2n) is 7.26. The first-order valence-corrected chi connectivity index (χ1v) is 9.97. The first-order chi connectivity index (χ1) is 14.4. The standard InChI is InChI=1S/C22H20ClFN4O2/c1-14-3-8-17(11-18(14)23)25-21(29)19-12-20-22(30)27(9-2-10-28(20)26-19)13-15-4-6-16(24)7-5-15/h3-8,11-12H,2,9-10,13H2,1H3,(H,25,29). The Kier molecular flexibility index (Phi) is 5.55. The molecule has 2 aromatic carbocycles. The van der Waals surface area contributed by atoms with E-state index in [2.05, 4.69) is 10.4 Å². The summed E-state index contributed by atoms with van der Waals surface area (Å²) >= 11 is 6.11. The number of halogens is 2. The van der Waals surface area contributed by atoms with Crippen LogP contribution in [-0.2, 0) is 13.1 Å². The Morgan fingerprint density at radius 3 is 2.67 bits per heavy atom. The number of carbonyl (C=O) groups is 2. The third kappa shape index (κ3) is 4.21. The Labute approximate surface area is 178 Å². The van der Waals surface area contributed by atoms with Crippen molar-refractivity contribution in [3.8, 4) is 0 Å². The molecule has 6 nitrogen and oxygen atoms in total. The normalized spacial score (nSPS) is 13.7. The van der Waals surface area contributed by atoms with Gasteiger partial charge < -0.3 is 10.2 Å². The molecule has 0 radical (unpaired) electrons. The van der Waals surface area contributed by atoms with Gasteiger partial charge in [0.1, 0.15) is 11.5 Å². The summed E-state index contributed by atoms with van der Waals surface area (Å²) in [5.41, 5.74) is 2.84. The summed E-state index contributed by atoms with van der Waals surface area (Å²) < 4.78 is 14.7. The van der Waals surface area contributed by atoms with E-state index in [0.29, 0.717) is 42.5 Å². The van der Waals surface area contributed by atoms with Crippen molar-refractivity contribution in [2.75, 3.05) is 11.9 Å². The van der Waals surface area contributed by atoms with E-state index in [-0.39, 0.29) is 17.4 Å². The monoisotopic (exact) mass is 426 g/mol. The second kappa shape index (κ2) is 8.28. The lowest BCUT2D eigenvalue weighted by molar-refractivity contribution is 0.0745. The number of nitrogens with one attached hydrogen (secondary N) is 1. The van der Waals surface area contributed by atoms with Crippen LogP contribution in [0, 0.1) is 12.7 Å². The number of benzene rings is 2. The molecule has 8 heteroatoms. The topological polar surface area (TPSA) is 67.2 Å². The average Bonchev–Trinajstić information content (AvgIpc) is 3.09. The Balaban J connectivity index is 1.52. The number of aromatic nitrogens is 2. The minimum Gasteiger partial charge on any atom is -0.333 e. The summed E-state index contributed by atoms with van der Waals surface area (Å²) in [6.45, 7) is 3.34. The molecule has 1 aliphatic rings. The fraction of sp³-hybridized carbons (Fsp3) is 0.227. The van der Waals surface area contributed by atoms with Gasteiger partial charge in [-0.2, -0.15) is 5.10 Å². The number of hydrogen-bond donors (Lipinski definition) is 1. The molecule has 4 rings (SSSR count). The molecule has 1 aromatic heterocycles. The van der Waals surface area contributed by atoms with E-state index in [0.717, 1.165) is 11.1 Å². The number of carbonyl (C=O) groups excluding carboxylic acids is 2. The lowest BCUT2D eigenvalue weighted by Crippen LogP contribution is -2.30. The minimum atomic E-state index is -0.409. The van der Waals surface area contributed by atoms with Crippen LogP contribution < -0.4 is 5.32 Å². The van der Waals surface area contributed by atoms with Crippen LogP contribution >= 0.6 is 11.6 Å². The van der Waals surface area contributed by atoms with E-state index in [1.165, 1.54) is 18.2 Å². The maximum atomic E-state index is 13.1. The molecule has 0 atom stereocenters. The molecule has 3 aromatic rings. The van der Waals surface area contributed by atoms with Gasteiger partial charge in [-0.1, -0.05) is 29.8 Å². The molecular formula is C22H20ClFN4O2. The number of rotatable bonds is 4. The molecule has 30 heavy (non-hydrogen) atoms. The molecule has 0 aliphatic carbocycles. The zero-order chi connectivity index (χ0) is 21.3. The van der Waals surface area contributed by atoms with Gasteiger partial charge in [0.25, 0.3) is 11.8 Å². The number of hydrogen-bond acceptors (Lipinski definition) is 3. The van der Waals surface area contributed by atoms with Gasteiger partial charge in [0.05, 0.1) is 0 Å². The SMILES string of the molecule is Cc1ccc(NC(=O)c2cc3n(n2)CCCN(Cc2ccc(F)cc2)C3=O)cc1Cl. The molecule has 154 valence electrons. The van der Waals surface area contributed by atoms with Gasteiger partial charge in [-0.05, 0) is 48.7 Å². The first kappa shape index (κ1) is 20.1. The maximum Gasteiger partial charge on any atom is 0.276 e. The molecule has 2 heterocycles. The fourth-order valence-electron chi connectivity index (χ4n) is 3.37. The Hall–Kier alpha value is -3.19. The minimum absolute atomic E-state index is 0.165. The summed E-state index contributed by atoms with van der Waals surface area (Å²) in [6, 6.07) is 12.8. The molecule has 0 saturated carbocycles. The Bertz CT molecular complexity index is 1110. The molecule has 0 unspecified atom stereocenters. The maximum absolute atomic E-state index is 13.1. The van der Waals surface area contributed by atoms with Crippen LogP contribution in [0.3, 0.4) is 0 Å². The predicted molar refractivity (Wildman–Crippen MR) is 112 cm³/mol. The van der Waals surface area contributed by atoms with Crippen molar-refractivity contribution in [3.63, 3.8) is 0 Å². The van der Waals surface area contributed by atoms with E-state index in [9.17, 15) is 14.0 Å². The Morgan fingerprint density at radius 1 is 1.17 bits per heavy atom. The quantitative estimate of drug-likeness (QED) is 0.677. The van der Waals surface area contributed by atoms with Gasteiger partial charge in [0.15, 0.2) is 5.69 Å². The van der Waals surface area contributed by atoms with Crippen molar-refractivity contribution in [3.05, 3.63) is 81.9 Å². The van der Waals surface area contributed by atoms with Crippen molar-refractivity contribution in [1.82, 2.24) is 14.7 Å². The van der Waals surface area contributed by atoms with Crippen molar-refractivity contribution < 1.29 is 14.0 Å².